The predicted octanol–water partition coefficient (Wildman–Crippen LogP) is 3.81. The second-order valence-electron chi connectivity index (χ2n) is 7.75. The third-order valence-corrected chi connectivity index (χ3v) is 6.18. The van der Waals surface area contributed by atoms with Gasteiger partial charge < -0.3 is 14.6 Å². The summed E-state index contributed by atoms with van der Waals surface area (Å²) in [5, 5.41) is 1.79. The van der Waals surface area contributed by atoms with Crippen LogP contribution in [0.2, 0.25) is 5.02 Å². The molecule has 2 aromatic carbocycles. The number of aromatic nitrogens is 1. The van der Waals surface area contributed by atoms with Gasteiger partial charge >= 0.3 is 5.97 Å². The topological polar surface area (TPSA) is 65.6 Å². The van der Waals surface area contributed by atoms with E-state index in [4.69, 9.17) is 16.3 Å². The summed E-state index contributed by atoms with van der Waals surface area (Å²) in [6, 6.07) is 14.9. The van der Waals surface area contributed by atoms with E-state index in [0.717, 1.165) is 16.6 Å². The number of esters is 1. The predicted molar refractivity (Wildman–Crippen MR) is 121 cm³/mol. The number of benzene rings is 2. The minimum absolute atomic E-state index is 0.144. The minimum atomic E-state index is -0.495. The molecule has 0 bridgehead atoms. The number of nitrogens with zero attached hydrogens (tertiary/aromatic N) is 2. The molecule has 1 amide bonds. The van der Waals surface area contributed by atoms with E-state index in [9.17, 15) is 9.59 Å². The summed E-state index contributed by atoms with van der Waals surface area (Å²) in [7, 11) is 1.40. The number of hydrogen-bond acceptors (Lipinski definition) is 4. The molecule has 31 heavy (non-hydrogen) atoms. The Bertz CT molecular complexity index is 1060. The number of hydrogen-bond donors (Lipinski definition) is 1. The molecule has 0 radical (unpaired) electrons. The number of piperazine rings is 1. The summed E-state index contributed by atoms with van der Waals surface area (Å²) in [6.07, 6.45) is 3.17. The third-order valence-electron chi connectivity index (χ3n) is 5.93. The van der Waals surface area contributed by atoms with Crippen LogP contribution in [-0.2, 0) is 20.7 Å². The zero-order valence-corrected chi connectivity index (χ0v) is 18.3. The molecular formula is C24H26ClN3O3. The van der Waals surface area contributed by atoms with Gasteiger partial charge in [-0.05, 0) is 35.7 Å². The molecule has 3 aromatic rings. The lowest BCUT2D eigenvalue weighted by Crippen LogP contribution is -2.51. The number of fused-ring (bicyclic) bond motifs is 1. The zero-order valence-electron chi connectivity index (χ0n) is 17.5. The van der Waals surface area contributed by atoms with Crippen LogP contribution >= 0.6 is 11.6 Å². The first kappa shape index (κ1) is 21.4. The van der Waals surface area contributed by atoms with Crippen molar-refractivity contribution in [2.24, 2.45) is 0 Å². The van der Waals surface area contributed by atoms with Crippen molar-refractivity contribution in [3.63, 3.8) is 0 Å². The van der Waals surface area contributed by atoms with Gasteiger partial charge in [-0.3, -0.25) is 9.69 Å². The highest BCUT2D eigenvalue weighted by atomic mass is 35.5. The molecule has 1 N–H and O–H groups in total. The summed E-state index contributed by atoms with van der Waals surface area (Å²) < 4.78 is 5.04. The van der Waals surface area contributed by atoms with Crippen molar-refractivity contribution in [3.8, 4) is 0 Å². The molecule has 1 aliphatic heterocycles. The van der Waals surface area contributed by atoms with Gasteiger partial charge in [0.25, 0.3) is 0 Å². The Hall–Kier alpha value is -2.83. The fourth-order valence-corrected chi connectivity index (χ4v) is 4.35. The van der Waals surface area contributed by atoms with Gasteiger partial charge in [0, 0.05) is 54.7 Å². The Morgan fingerprint density at radius 2 is 1.77 bits per heavy atom. The second-order valence-corrected chi connectivity index (χ2v) is 8.19. The number of H-pyrrole nitrogens is 1. The fraction of sp³-hybridized carbons (Fsp3) is 0.333. The number of ether oxygens (including phenoxy) is 1. The molecule has 4 rings (SSSR count). The molecule has 2 heterocycles. The molecular weight excluding hydrogens is 414 g/mol. The van der Waals surface area contributed by atoms with Gasteiger partial charge in [-0.15, -0.1) is 0 Å². The second kappa shape index (κ2) is 9.54. The first-order valence-electron chi connectivity index (χ1n) is 10.5. The number of rotatable bonds is 6. The summed E-state index contributed by atoms with van der Waals surface area (Å²) in [5.74, 6) is -0.160. The molecule has 1 saturated heterocycles. The van der Waals surface area contributed by atoms with Crippen molar-refractivity contribution >= 4 is 34.4 Å². The smallest absolute Gasteiger partial charge is 0.327 e. The maximum atomic E-state index is 12.8. The van der Waals surface area contributed by atoms with E-state index in [1.54, 1.807) is 12.1 Å². The zero-order chi connectivity index (χ0) is 21.8. The highest BCUT2D eigenvalue weighted by molar-refractivity contribution is 6.30. The highest BCUT2D eigenvalue weighted by Crippen LogP contribution is 2.26. The van der Waals surface area contributed by atoms with E-state index in [2.05, 4.69) is 16.0 Å². The first-order chi connectivity index (χ1) is 15.1. The summed E-state index contributed by atoms with van der Waals surface area (Å²) >= 11 is 5.99. The molecule has 7 heteroatoms. The Balaban J connectivity index is 1.36. The molecule has 1 atom stereocenters. The fourth-order valence-electron chi connectivity index (χ4n) is 4.22. The lowest BCUT2D eigenvalue weighted by Gasteiger charge is -2.38. The van der Waals surface area contributed by atoms with E-state index in [-0.39, 0.29) is 11.9 Å². The molecule has 6 nitrogen and oxygen atoms in total. The first-order valence-corrected chi connectivity index (χ1v) is 10.8. The van der Waals surface area contributed by atoms with Crippen LogP contribution in [0.4, 0.5) is 0 Å². The Morgan fingerprint density at radius 1 is 1.06 bits per heavy atom. The third kappa shape index (κ3) is 4.75. The van der Waals surface area contributed by atoms with Crippen molar-refractivity contribution in [2.75, 3.05) is 33.3 Å². The lowest BCUT2D eigenvalue weighted by atomic mass is 10.0. The normalized spacial score (nSPS) is 15.7. The molecule has 0 spiro atoms. The largest absolute Gasteiger partial charge is 0.468 e. The molecule has 0 saturated carbocycles. The number of methoxy groups -OCH3 is 1. The van der Waals surface area contributed by atoms with Crippen LogP contribution in [0.25, 0.3) is 10.9 Å². The summed E-state index contributed by atoms with van der Waals surface area (Å²) in [5.41, 5.74) is 3.10. The monoisotopic (exact) mass is 439 g/mol. The van der Waals surface area contributed by atoms with Crippen molar-refractivity contribution in [1.82, 2.24) is 14.8 Å². The van der Waals surface area contributed by atoms with Crippen LogP contribution in [0.15, 0.2) is 54.7 Å². The van der Waals surface area contributed by atoms with E-state index in [0.29, 0.717) is 44.0 Å². The van der Waals surface area contributed by atoms with Crippen molar-refractivity contribution in [2.45, 2.75) is 18.9 Å². The maximum Gasteiger partial charge on any atom is 0.327 e. The SMILES string of the molecule is COC(=O)C(c1ccc(Cl)cc1)N1CCN(C(=O)CCc2c[nH]c3ccccc23)CC1. The quantitative estimate of drug-likeness (QED) is 0.593. The number of para-hydroxylation sites is 1. The number of carbonyl (C=O) groups is 2. The molecule has 162 valence electrons. The molecule has 1 fully saturated rings. The Kier molecular flexibility index (Phi) is 6.59. The standard InChI is InChI=1S/C24H26ClN3O3/c1-31-24(30)23(17-6-9-19(25)10-7-17)28-14-12-27(13-15-28)22(29)11-8-18-16-26-21-5-3-2-4-20(18)21/h2-7,9-10,16,23,26H,8,11-15H2,1H3. The number of amides is 1. The number of aromatic amines is 1. The van der Waals surface area contributed by atoms with Gasteiger partial charge in [-0.1, -0.05) is 41.9 Å². The van der Waals surface area contributed by atoms with E-state index in [1.807, 2.05) is 41.4 Å². The number of halogens is 1. The van der Waals surface area contributed by atoms with Crippen LogP contribution in [0.3, 0.4) is 0 Å². The van der Waals surface area contributed by atoms with Crippen LogP contribution in [0.5, 0.6) is 0 Å². The van der Waals surface area contributed by atoms with Gasteiger partial charge in [0.2, 0.25) is 5.91 Å². The Labute approximate surface area is 186 Å². The molecule has 1 aliphatic rings. The van der Waals surface area contributed by atoms with Gasteiger partial charge in [-0.2, -0.15) is 0 Å². The highest BCUT2D eigenvalue weighted by Gasteiger charge is 2.32. The number of carbonyl (C=O) groups excluding carboxylic acids is 2. The van der Waals surface area contributed by atoms with Gasteiger partial charge in [-0.25, -0.2) is 4.79 Å². The minimum Gasteiger partial charge on any atom is -0.468 e. The Morgan fingerprint density at radius 3 is 2.48 bits per heavy atom. The number of aryl methyl sites for hydroxylation is 1. The molecule has 1 unspecified atom stereocenters. The van der Waals surface area contributed by atoms with Gasteiger partial charge in [0.1, 0.15) is 6.04 Å². The lowest BCUT2D eigenvalue weighted by molar-refractivity contribution is -0.148. The number of nitrogens with one attached hydrogen (secondary N) is 1. The van der Waals surface area contributed by atoms with Crippen LogP contribution in [-0.4, -0.2) is 59.9 Å². The van der Waals surface area contributed by atoms with Gasteiger partial charge in [0.05, 0.1) is 7.11 Å². The van der Waals surface area contributed by atoms with E-state index < -0.39 is 6.04 Å². The average molecular weight is 440 g/mol. The average Bonchev–Trinajstić information content (AvgIpc) is 3.22. The van der Waals surface area contributed by atoms with Crippen molar-refractivity contribution < 1.29 is 14.3 Å². The van der Waals surface area contributed by atoms with Crippen LogP contribution in [0, 0.1) is 0 Å². The van der Waals surface area contributed by atoms with E-state index >= 15 is 0 Å². The molecule has 1 aromatic heterocycles. The maximum absolute atomic E-state index is 12.8. The van der Waals surface area contributed by atoms with Crippen molar-refractivity contribution in [1.29, 1.82) is 0 Å². The van der Waals surface area contributed by atoms with Crippen LogP contribution in [0.1, 0.15) is 23.6 Å². The van der Waals surface area contributed by atoms with Crippen molar-refractivity contribution in [3.05, 3.63) is 70.9 Å². The molecule has 0 aliphatic carbocycles. The van der Waals surface area contributed by atoms with Crippen LogP contribution < -0.4 is 0 Å². The summed E-state index contributed by atoms with van der Waals surface area (Å²) in [6.45, 7) is 2.41. The van der Waals surface area contributed by atoms with Gasteiger partial charge in [0.15, 0.2) is 0 Å². The van der Waals surface area contributed by atoms with E-state index in [1.165, 1.54) is 12.5 Å². The summed E-state index contributed by atoms with van der Waals surface area (Å²) in [4.78, 5) is 32.5.